The summed E-state index contributed by atoms with van der Waals surface area (Å²) in [6, 6.07) is 25.3. The number of benzene rings is 3. The van der Waals surface area contributed by atoms with Crippen molar-refractivity contribution in [2.45, 2.75) is 44.1 Å². The maximum Gasteiger partial charge on any atom is 0.262 e. The number of carbonyl (C=O) groups is 1. The summed E-state index contributed by atoms with van der Waals surface area (Å²) in [5.41, 5.74) is 4.27. The quantitative estimate of drug-likeness (QED) is 0.312. The molecule has 2 N–H and O–H groups in total. The molecular formula is C29H29N3OS. The van der Waals surface area contributed by atoms with E-state index in [-0.39, 0.29) is 17.4 Å². The van der Waals surface area contributed by atoms with Gasteiger partial charge < -0.3 is 15.2 Å². The topological polar surface area (TPSA) is 48.1 Å². The number of hydrogen-bond donors (Lipinski definition) is 2. The molecule has 172 valence electrons. The number of nitrogens with one attached hydrogen (secondary N) is 2. The molecule has 0 spiro atoms. The van der Waals surface area contributed by atoms with Crippen molar-refractivity contribution in [3.63, 3.8) is 0 Å². The number of aromatic amines is 1. The van der Waals surface area contributed by atoms with Gasteiger partial charge in [-0.05, 0) is 60.7 Å². The fourth-order valence-corrected chi connectivity index (χ4v) is 6.69. The average Bonchev–Trinajstić information content (AvgIpc) is 3.37. The highest BCUT2D eigenvalue weighted by Crippen LogP contribution is 2.42. The number of rotatable bonds is 4. The van der Waals surface area contributed by atoms with Gasteiger partial charge in [-0.25, -0.2) is 0 Å². The summed E-state index contributed by atoms with van der Waals surface area (Å²) < 4.78 is 0. The molecule has 1 unspecified atom stereocenters. The molecule has 4 nitrogen and oxygen atoms in total. The van der Waals surface area contributed by atoms with E-state index < -0.39 is 0 Å². The van der Waals surface area contributed by atoms with Gasteiger partial charge in [-0.15, -0.1) is 0 Å². The van der Waals surface area contributed by atoms with E-state index in [1.807, 2.05) is 18.2 Å². The zero-order chi connectivity index (χ0) is 23.1. The minimum absolute atomic E-state index is 0.0940. The van der Waals surface area contributed by atoms with Crippen LogP contribution in [0.3, 0.4) is 0 Å². The number of para-hydroxylation sites is 2. The molecule has 1 saturated carbocycles. The van der Waals surface area contributed by atoms with Gasteiger partial charge in [-0.3, -0.25) is 4.79 Å². The lowest BCUT2D eigenvalue weighted by Gasteiger charge is -2.39. The van der Waals surface area contributed by atoms with Crippen LogP contribution < -0.4 is 5.32 Å². The molecule has 2 aliphatic rings. The van der Waals surface area contributed by atoms with E-state index in [2.05, 4.69) is 82.8 Å². The smallest absolute Gasteiger partial charge is 0.262 e. The van der Waals surface area contributed by atoms with Crippen LogP contribution >= 0.6 is 11.8 Å². The Labute approximate surface area is 204 Å². The van der Waals surface area contributed by atoms with Gasteiger partial charge in [0.05, 0.1) is 4.91 Å². The Morgan fingerprint density at radius 2 is 1.71 bits per heavy atom. The largest absolute Gasteiger partial charge is 0.356 e. The van der Waals surface area contributed by atoms with Crippen molar-refractivity contribution >= 4 is 51.2 Å². The molecule has 1 saturated heterocycles. The van der Waals surface area contributed by atoms with Gasteiger partial charge in [0.15, 0.2) is 5.50 Å². The van der Waals surface area contributed by atoms with Crippen LogP contribution in [0.2, 0.25) is 0 Å². The molecule has 0 radical (unpaired) electrons. The maximum atomic E-state index is 13.8. The number of carbonyl (C=O) groups excluding carboxylic acids is 1. The van der Waals surface area contributed by atoms with E-state index in [9.17, 15) is 4.79 Å². The third-order valence-corrected chi connectivity index (χ3v) is 8.37. The zero-order valence-electron chi connectivity index (χ0n) is 19.3. The Morgan fingerprint density at radius 3 is 2.56 bits per heavy atom. The number of H-pyrrole nitrogens is 1. The predicted octanol–water partition coefficient (Wildman–Crippen LogP) is 7.21. The first-order chi connectivity index (χ1) is 16.7. The lowest BCUT2D eigenvalue weighted by molar-refractivity contribution is -0.129. The van der Waals surface area contributed by atoms with Crippen molar-refractivity contribution < 1.29 is 4.79 Å². The van der Waals surface area contributed by atoms with Crippen LogP contribution in [0.4, 0.5) is 5.69 Å². The van der Waals surface area contributed by atoms with Gasteiger partial charge in [-0.2, -0.15) is 0 Å². The second kappa shape index (κ2) is 8.88. The van der Waals surface area contributed by atoms with Crippen LogP contribution in [0.5, 0.6) is 0 Å². The number of anilines is 1. The summed E-state index contributed by atoms with van der Waals surface area (Å²) in [5, 5.41) is 6.03. The molecule has 1 aliphatic carbocycles. The Bertz CT molecular complexity index is 1380. The molecule has 5 heteroatoms. The minimum Gasteiger partial charge on any atom is -0.356 e. The van der Waals surface area contributed by atoms with Crippen LogP contribution in [0.1, 0.15) is 38.2 Å². The Kier molecular flexibility index (Phi) is 5.58. The van der Waals surface area contributed by atoms with Crippen LogP contribution in [0.15, 0.2) is 77.7 Å². The molecule has 3 aromatic carbocycles. The third-order valence-electron chi connectivity index (χ3n) is 7.25. The van der Waals surface area contributed by atoms with Crippen LogP contribution in [-0.2, 0) is 4.79 Å². The van der Waals surface area contributed by atoms with Gasteiger partial charge >= 0.3 is 0 Å². The van der Waals surface area contributed by atoms with Gasteiger partial charge in [-0.1, -0.05) is 74.0 Å². The standard InChI is InChI=1S/C29H29N3OS/c1-19-9-5-8-14-26(19)32-28(33)27(34-29(32)30-21-10-3-2-4-11-21)18-20-15-16-25-23(17-20)22-12-6-7-13-24(22)31-25/h2-4,6-7,10-13,15-19,26,29-31H,5,8-9,14H2,1H3/b27-18-/t19-,26+,29?/m0/s1. The van der Waals surface area contributed by atoms with E-state index in [0.29, 0.717) is 5.92 Å². The Balaban J connectivity index is 1.36. The van der Waals surface area contributed by atoms with Crippen molar-refractivity contribution in [2.24, 2.45) is 5.92 Å². The van der Waals surface area contributed by atoms with E-state index >= 15 is 0 Å². The van der Waals surface area contributed by atoms with Gasteiger partial charge in [0.1, 0.15) is 0 Å². The summed E-state index contributed by atoms with van der Waals surface area (Å²) in [5.74, 6) is 0.663. The normalized spacial score (nSPS) is 24.4. The highest BCUT2D eigenvalue weighted by Gasteiger charge is 2.42. The van der Waals surface area contributed by atoms with E-state index in [1.165, 1.54) is 30.0 Å². The highest BCUT2D eigenvalue weighted by atomic mass is 32.2. The number of aromatic nitrogens is 1. The average molecular weight is 468 g/mol. The predicted molar refractivity (Wildman–Crippen MR) is 143 cm³/mol. The first kappa shape index (κ1) is 21.4. The fourth-order valence-electron chi connectivity index (χ4n) is 5.47. The minimum atomic E-state index is -0.0940. The molecule has 1 amide bonds. The molecule has 2 fully saturated rings. The lowest BCUT2D eigenvalue weighted by atomic mass is 9.85. The monoisotopic (exact) mass is 467 g/mol. The number of fused-ring (bicyclic) bond motifs is 3. The number of nitrogens with zero attached hydrogens (tertiary/aromatic N) is 1. The second-order valence-electron chi connectivity index (χ2n) is 9.51. The number of hydrogen-bond acceptors (Lipinski definition) is 3. The van der Waals surface area contributed by atoms with Crippen LogP contribution in [-0.4, -0.2) is 27.3 Å². The van der Waals surface area contributed by atoms with Crippen molar-refractivity contribution in [1.82, 2.24) is 9.88 Å². The van der Waals surface area contributed by atoms with Crippen molar-refractivity contribution in [1.29, 1.82) is 0 Å². The lowest BCUT2D eigenvalue weighted by Crippen LogP contribution is -2.48. The molecule has 1 aliphatic heterocycles. The summed E-state index contributed by atoms with van der Waals surface area (Å²) in [6.07, 6.45) is 6.79. The van der Waals surface area contributed by atoms with Crippen molar-refractivity contribution in [3.8, 4) is 0 Å². The molecule has 34 heavy (non-hydrogen) atoms. The van der Waals surface area contributed by atoms with E-state index in [0.717, 1.165) is 33.6 Å². The van der Waals surface area contributed by atoms with Crippen LogP contribution in [0, 0.1) is 5.92 Å². The molecule has 6 rings (SSSR count). The molecule has 4 aromatic rings. The van der Waals surface area contributed by atoms with E-state index in [4.69, 9.17) is 0 Å². The summed E-state index contributed by atoms with van der Waals surface area (Å²) >= 11 is 1.64. The number of amides is 1. The molecule has 3 atom stereocenters. The SMILES string of the molecule is C[C@H]1CCCC[C@H]1N1C(=O)/C(=C/c2ccc3[nH]c4ccccc4c3c2)SC1Nc1ccccc1. The van der Waals surface area contributed by atoms with Crippen LogP contribution in [0.25, 0.3) is 27.9 Å². The van der Waals surface area contributed by atoms with E-state index in [1.54, 1.807) is 11.8 Å². The summed E-state index contributed by atoms with van der Waals surface area (Å²) in [6.45, 7) is 2.30. The first-order valence-corrected chi connectivity index (χ1v) is 13.1. The third kappa shape index (κ3) is 3.88. The summed E-state index contributed by atoms with van der Waals surface area (Å²) in [4.78, 5) is 20.2. The maximum absolute atomic E-state index is 13.8. The van der Waals surface area contributed by atoms with Crippen molar-refractivity contribution in [2.75, 3.05) is 5.32 Å². The zero-order valence-corrected chi connectivity index (χ0v) is 20.1. The molecule has 2 heterocycles. The van der Waals surface area contributed by atoms with Gasteiger partial charge in [0.2, 0.25) is 0 Å². The van der Waals surface area contributed by atoms with Gasteiger partial charge in [0.25, 0.3) is 5.91 Å². The summed E-state index contributed by atoms with van der Waals surface area (Å²) in [7, 11) is 0. The van der Waals surface area contributed by atoms with Gasteiger partial charge in [0, 0.05) is 33.5 Å². The molecular weight excluding hydrogens is 438 g/mol. The molecule has 1 aromatic heterocycles. The molecule has 0 bridgehead atoms. The first-order valence-electron chi connectivity index (χ1n) is 12.2. The highest BCUT2D eigenvalue weighted by molar-refractivity contribution is 8.05. The number of thioether (sulfide) groups is 1. The second-order valence-corrected chi connectivity index (χ2v) is 10.6. The Morgan fingerprint density at radius 1 is 0.941 bits per heavy atom. The Hall–Kier alpha value is -3.18. The fraction of sp³-hybridized carbons (Fsp3) is 0.276. The van der Waals surface area contributed by atoms with Crippen molar-refractivity contribution in [3.05, 3.63) is 83.3 Å².